The van der Waals surface area contributed by atoms with Crippen LogP contribution in [-0.4, -0.2) is 6.67 Å². The summed E-state index contributed by atoms with van der Waals surface area (Å²) in [7, 11) is 0. The molecule has 1 aromatic carbocycles. The van der Waals surface area contributed by atoms with Crippen molar-refractivity contribution in [2.45, 2.75) is 19.4 Å². The highest BCUT2D eigenvalue weighted by atomic mass is 79.9. The van der Waals surface area contributed by atoms with E-state index in [0.717, 1.165) is 15.6 Å². The molecule has 1 atom stereocenters. The topological polar surface area (TPSA) is 26.0 Å². The van der Waals surface area contributed by atoms with Gasteiger partial charge in [-0.2, -0.15) is 0 Å². The summed E-state index contributed by atoms with van der Waals surface area (Å²) in [5.41, 5.74) is 7.91. The van der Waals surface area contributed by atoms with Gasteiger partial charge in [0.2, 0.25) is 0 Å². The first-order valence-electron chi connectivity index (χ1n) is 4.22. The highest BCUT2D eigenvalue weighted by Crippen LogP contribution is 2.22. The van der Waals surface area contributed by atoms with Crippen LogP contribution < -0.4 is 5.73 Å². The van der Waals surface area contributed by atoms with Gasteiger partial charge in [-0.3, -0.25) is 4.39 Å². The number of rotatable bonds is 3. The van der Waals surface area contributed by atoms with Crippen molar-refractivity contribution >= 4 is 15.9 Å². The summed E-state index contributed by atoms with van der Waals surface area (Å²) in [6, 6.07) is 5.69. The summed E-state index contributed by atoms with van der Waals surface area (Å²) in [5.74, 6) is 0. The molecule has 1 nitrogen and oxygen atoms in total. The maximum Gasteiger partial charge on any atom is 0.0912 e. The van der Waals surface area contributed by atoms with E-state index in [-0.39, 0.29) is 12.7 Å². The maximum absolute atomic E-state index is 12.0. The van der Waals surface area contributed by atoms with Crippen LogP contribution in [0.5, 0.6) is 0 Å². The second-order valence-corrected chi connectivity index (χ2v) is 3.95. The molecule has 13 heavy (non-hydrogen) atoms. The van der Waals surface area contributed by atoms with Crippen molar-refractivity contribution in [3.8, 4) is 0 Å². The molecular weight excluding hydrogens is 233 g/mol. The van der Waals surface area contributed by atoms with E-state index in [1.54, 1.807) is 0 Å². The van der Waals surface area contributed by atoms with Crippen LogP contribution in [0.15, 0.2) is 22.7 Å². The summed E-state index contributed by atoms with van der Waals surface area (Å²) in [6.07, 6.45) is 0.384. The van der Waals surface area contributed by atoms with Gasteiger partial charge in [0.1, 0.15) is 0 Å². The van der Waals surface area contributed by atoms with Crippen LogP contribution in [0.3, 0.4) is 0 Å². The number of hydrogen-bond acceptors (Lipinski definition) is 1. The summed E-state index contributed by atoms with van der Waals surface area (Å²) in [5, 5.41) is 0. The van der Waals surface area contributed by atoms with Gasteiger partial charge in [-0.25, -0.2) is 0 Å². The smallest absolute Gasteiger partial charge is 0.0912 e. The van der Waals surface area contributed by atoms with Gasteiger partial charge in [-0.1, -0.05) is 28.1 Å². The number of halogens is 2. The van der Waals surface area contributed by atoms with E-state index < -0.39 is 0 Å². The molecule has 0 saturated carbocycles. The van der Waals surface area contributed by atoms with Gasteiger partial charge >= 0.3 is 0 Å². The van der Waals surface area contributed by atoms with Crippen molar-refractivity contribution in [1.29, 1.82) is 0 Å². The molecule has 1 aromatic rings. The molecule has 0 heterocycles. The minimum atomic E-state index is -0.368. The molecule has 0 saturated heterocycles. The minimum absolute atomic E-state index is 0.193. The third-order valence-corrected chi connectivity index (χ3v) is 2.90. The average Bonchev–Trinajstić information content (AvgIpc) is 2.10. The number of benzene rings is 1. The van der Waals surface area contributed by atoms with Crippen molar-refractivity contribution < 1.29 is 4.39 Å². The van der Waals surface area contributed by atoms with Crippen molar-refractivity contribution in [2.75, 3.05) is 6.67 Å². The maximum atomic E-state index is 12.0. The van der Waals surface area contributed by atoms with E-state index in [9.17, 15) is 4.39 Å². The van der Waals surface area contributed by atoms with Crippen LogP contribution >= 0.6 is 15.9 Å². The van der Waals surface area contributed by atoms with E-state index in [1.807, 2.05) is 25.1 Å². The second kappa shape index (κ2) is 4.72. The molecule has 0 aliphatic heterocycles. The summed E-state index contributed by atoms with van der Waals surface area (Å²) in [6.45, 7) is 1.64. The fraction of sp³-hybridized carbons (Fsp3) is 0.400. The molecule has 0 aromatic heterocycles. The van der Waals surface area contributed by atoms with Gasteiger partial charge in [-0.15, -0.1) is 0 Å². The van der Waals surface area contributed by atoms with Crippen molar-refractivity contribution in [2.24, 2.45) is 5.73 Å². The zero-order chi connectivity index (χ0) is 9.84. The monoisotopic (exact) mass is 245 g/mol. The molecule has 3 heteroatoms. The van der Waals surface area contributed by atoms with Crippen LogP contribution in [-0.2, 0) is 0 Å². The summed E-state index contributed by atoms with van der Waals surface area (Å²) >= 11 is 3.42. The molecule has 0 radical (unpaired) electrons. The lowest BCUT2D eigenvalue weighted by Gasteiger charge is -2.10. The van der Waals surface area contributed by atoms with Crippen molar-refractivity contribution in [3.63, 3.8) is 0 Å². The van der Waals surface area contributed by atoms with E-state index in [1.165, 1.54) is 0 Å². The Labute approximate surface area is 86.3 Å². The lowest BCUT2D eigenvalue weighted by atomic mass is 10.0. The number of aryl methyl sites for hydroxylation is 1. The molecule has 2 N–H and O–H groups in total. The van der Waals surface area contributed by atoms with E-state index in [4.69, 9.17) is 5.73 Å². The summed E-state index contributed by atoms with van der Waals surface area (Å²) in [4.78, 5) is 0. The van der Waals surface area contributed by atoms with Gasteiger partial charge in [0.15, 0.2) is 0 Å². The normalized spacial score (nSPS) is 12.9. The Bertz CT molecular complexity index is 288. The fourth-order valence-corrected chi connectivity index (χ4v) is 1.52. The molecule has 0 aliphatic carbocycles. The zero-order valence-corrected chi connectivity index (χ0v) is 9.14. The lowest BCUT2D eigenvalue weighted by Crippen LogP contribution is -2.10. The summed E-state index contributed by atoms with van der Waals surface area (Å²) < 4.78 is 13.0. The van der Waals surface area contributed by atoms with E-state index >= 15 is 0 Å². The molecule has 0 aliphatic rings. The van der Waals surface area contributed by atoms with Crippen LogP contribution in [0.2, 0.25) is 0 Å². The van der Waals surface area contributed by atoms with Gasteiger partial charge in [0, 0.05) is 10.5 Å². The van der Waals surface area contributed by atoms with Gasteiger partial charge in [-0.05, 0) is 30.5 Å². The number of hydrogen-bond donors (Lipinski definition) is 1. The van der Waals surface area contributed by atoms with Crippen molar-refractivity contribution in [1.82, 2.24) is 0 Å². The third kappa shape index (κ3) is 2.78. The Morgan fingerprint density at radius 2 is 2.23 bits per heavy atom. The van der Waals surface area contributed by atoms with Crippen LogP contribution in [0, 0.1) is 6.92 Å². The van der Waals surface area contributed by atoms with Crippen LogP contribution in [0.4, 0.5) is 4.39 Å². The van der Waals surface area contributed by atoms with Gasteiger partial charge in [0.25, 0.3) is 0 Å². The Hall–Kier alpha value is -0.410. The Morgan fingerprint density at radius 1 is 1.54 bits per heavy atom. The highest BCUT2D eigenvalue weighted by Gasteiger charge is 2.06. The fourth-order valence-electron chi connectivity index (χ4n) is 1.12. The standard InChI is InChI=1S/C10H13BrFN/c1-7-2-3-8(6-9(7)11)10(13)4-5-12/h2-3,6,10H,4-5,13H2,1H3/t10-/m0/s1. The Morgan fingerprint density at radius 3 is 2.77 bits per heavy atom. The van der Waals surface area contributed by atoms with E-state index in [2.05, 4.69) is 15.9 Å². The molecular formula is C10H13BrFN. The number of nitrogens with two attached hydrogens (primary N) is 1. The molecule has 0 amide bonds. The van der Waals surface area contributed by atoms with Gasteiger partial charge in [0.05, 0.1) is 6.67 Å². The van der Waals surface area contributed by atoms with Gasteiger partial charge < -0.3 is 5.73 Å². The molecule has 0 fully saturated rings. The first-order valence-corrected chi connectivity index (χ1v) is 5.02. The second-order valence-electron chi connectivity index (χ2n) is 3.09. The zero-order valence-electron chi connectivity index (χ0n) is 7.56. The minimum Gasteiger partial charge on any atom is -0.324 e. The molecule has 1 rings (SSSR count). The van der Waals surface area contributed by atoms with Crippen molar-refractivity contribution in [3.05, 3.63) is 33.8 Å². The Balaban J connectivity index is 2.84. The quantitative estimate of drug-likeness (QED) is 0.871. The van der Waals surface area contributed by atoms with Crippen LogP contribution in [0.1, 0.15) is 23.6 Å². The molecule has 0 spiro atoms. The van der Waals surface area contributed by atoms with E-state index in [0.29, 0.717) is 6.42 Å². The lowest BCUT2D eigenvalue weighted by molar-refractivity contribution is 0.442. The first-order chi connectivity index (χ1) is 6.15. The first kappa shape index (κ1) is 10.7. The highest BCUT2D eigenvalue weighted by molar-refractivity contribution is 9.10. The third-order valence-electron chi connectivity index (χ3n) is 2.04. The Kier molecular flexibility index (Phi) is 3.88. The average molecular weight is 246 g/mol. The van der Waals surface area contributed by atoms with Crippen LogP contribution in [0.25, 0.3) is 0 Å². The predicted molar refractivity (Wildman–Crippen MR) is 56.4 cm³/mol. The molecule has 0 unspecified atom stereocenters. The molecule has 0 bridgehead atoms. The largest absolute Gasteiger partial charge is 0.324 e. The predicted octanol–water partition coefficient (Wildman–Crippen LogP) is 3.12. The number of alkyl halides is 1. The molecule has 72 valence electrons. The SMILES string of the molecule is Cc1ccc([C@@H](N)CCF)cc1Br.